The molecule has 0 fully saturated rings. The number of nitrogen functional groups attached to an aromatic ring is 1. The van der Waals surface area contributed by atoms with Crippen molar-refractivity contribution in [2.45, 2.75) is 11.5 Å². The van der Waals surface area contributed by atoms with Gasteiger partial charge < -0.3 is 5.73 Å². The van der Waals surface area contributed by atoms with Crippen molar-refractivity contribution in [3.8, 4) is 0 Å². The molecule has 0 atom stereocenters. The van der Waals surface area contributed by atoms with Crippen LogP contribution < -0.4 is 5.73 Å². The highest BCUT2D eigenvalue weighted by Crippen LogP contribution is 2.36. The average Bonchev–Trinajstić information content (AvgIpc) is 2.02. The first-order valence-electron chi connectivity index (χ1n) is 3.58. The van der Waals surface area contributed by atoms with Crippen LogP contribution in [0.2, 0.25) is 0 Å². The van der Waals surface area contributed by atoms with Crippen molar-refractivity contribution in [3.63, 3.8) is 0 Å². The maximum atomic E-state index is 12.9. The van der Waals surface area contributed by atoms with Gasteiger partial charge in [-0.1, -0.05) is 15.9 Å². The predicted octanol–water partition coefficient (Wildman–Crippen LogP) is 3.32. The van der Waals surface area contributed by atoms with Gasteiger partial charge in [0, 0.05) is 10.9 Å². The van der Waals surface area contributed by atoms with E-state index in [0.717, 1.165) is 6.07 Å². The number of nitrogens with two attached hydrogens (primary N) is 1. The molecule has 0 bridgehead atoms. The van der Waals surface area contributed by atoms with Gasteiger partial charge in [-0.3, -0.25) is 0 Å². The van der Waals surface area contributed by atoms with Crippen molar-refractivity contribution in [3.05, 3.63) is 29.1 Å². The third-order valence-corrected chi connectivity index (χ3v) is 2.30. The Morgan fingerprint density at radius 3 is 2.29 bits per heavy atom. The number of hydrogen-bond acceptors (Lipinski definition) is 1. The summed E-state index contributed by atoms with van der Waals surface area (Å²) in [4.78, 5) is 0. The summed E-state index contributed by atoms with van der Waals surface area (Å²) >= 11 is 2.87. The summed E-state index contributed by atoms with van der Waals surface area (Å²) in [5, 5.41) is -0.0470. The zero-order chi connectivity index (χ0) is 10.9. The summed E-state index contributed by atoms with van der Waals surface area (Å²) < 4.78 is 49.8. The quantitative estimate of drug-likeness (QED) is 0.473. The Morgan fingerprint density at radius 2 is 1.86 bits per heavy atom. The van der Waals surface area contributed by atoms with E-state index in [2.05, 4.69) is 15.9 Å². The van der Waals surface area contributed by atoms with E-state index in [0.29, 0.717) is 6.07 Å². The fourth-order valence-corrected chi connectivity index (χ4v) is 1.59. The predicted molar refractivity (Wildman–Crippen MR) is 48.4 cm³/mol. The largest absolute Gasteiger partial charge is 0.418 e. The maximum Gasteiger partial charge on any atom is 0.418 e. The minimum absolute atomic E-state index is 0.0470. The minimum Gasteiger partial charge on any atom is -0.398 e. The number of hydrogen-bond donors (Lipinski definition) is 1. The molecule has 1 nitrogen and oxygen atoms in total. The highest BCUT2D eigenvalue weighted by Gasteiger charge is 2.34. The van der Waals surface area contributed by atoms with Crippen molar-refractivity contribution >= 4 is 21.6 Å². The van der Waals surface area contributed by atoms with Crippen LogP contribution in [0.4, 0.5) is 23.2 Å². The Kier molecular flexibility index (Phi) is 3.04. The topological polar surface area (TPSA) is 26.0 Å². The minimum atomic E-state index is -4.55. The molecule has 2 N–H and O–H groups in total. The summed E-state index contributed by atoms with van der Waals surface area (Å²) in [5.74, 6) is -0.743. The molecule has 1 aromatic rings. The number of halogens is 5. The van der Waals surface area contributed by atoms with Gasteiger partial charge >= 0.3 is 6.18 Å². The SMILES string of the molecule is Nc1c(C(F)(F)F)ccc(F)c1CBr. The van der Waals surface area contributed by atoms with Crippen molar-refractivity contribution in [1.82, 2.24) is 0 Å². The van der Waals surface area contributed by atoms with E-state index in [1.165, 1.54) is 0 Å². The Hall–Kier alpha value is -0.780. The van der Waals surface area contributed by atoms with Gasteiger partial charge in [0.2, 0.25) is 0 Å². The Balaban J connectivity index is 3.36. The highest BCUT2D eigenvalue weighted by atomic mass is 79.9. The molecule has 14 heavy (non-hydrogen) atoms. The van der Waals surface area contributed by atoms with E-state index >= 15 is 0 Å². The maximum absolute atomic E-state index is 12.9. The lowest BCUT2D eigenvalue weighted by Gasteiger charge is -2.12. The van der Waals surface area contributed by atoms with Crippen molar-refractivity contribution in [2.75, 3.05) is 5.73 Å². The fraction of sp³-hybridized carbons (Fsp3) is 0.250. The molecule has 0 amide bonds. The normalized spacial score (nSPS) is 11.8. The number of anilines is 1. The summed E-state index contributed by atoms with van der Waals surface area (Å²) in [7, 11) is 0. The lowest BCUT2D eigenvalue weighted by atomic mass is 10.1. The molecule has 0 unspecified atom stereocenters. The second kappa shape index (κ2) is 3.76. The van der Waals surface area contributed by atoms with Crippen LogP contribution in [-0.2, 0) is 11.5 Å². The summed E-state index contributed by atoms with van der Waals surface area (Å²) in [6.45, 7) is 0. The number of alkyl halides is 4. The first kappa shape index (κ1) is 11.3. The van der Waals surface area contributed by atoms with E-state index in [4.69, 9.17) is 5.73 Å². The molecular formula is C8H6BrF4N. The molecule has 0 aromatic heterocycles. The molecule has 0 saturated heterocycles. The third kappa shape index (κ3) is 2.00. The first-order valence-corrected chi connectivity index (χ1v) is 4.70. The molecule has 6 heteroatoms. The molecule has 0 aliphatic rings. The molecule has 0 spiro atoms. The number of rotatable bonds is 1. The summed E-state index contributed by atoms with van der Waals surface area (Å²) in [6, 6.07) is 1.40. The van der Waals surface area contributed by atoms with Gasteiger partial charge in [-0.25, -0.2) is 4.39 Å². The molecule has 0 aliphatic carbocycles. The van der Waals surface area contributed by atoms with Gasteiger partial charge in [-0.05, 0) is 12.1 Å². The van der Waals surface area contributed by atoms with Crippen molar-refractivity contribution < 1.29 is 17.6 Å². The van der Waals surface area contributed by atoms with E-state index in [1.54, 1.807) is 0 Å². The van der Waals surface area contributed by atoms with Gasteiger partial charge in [0.15, 0.2) is 0 Å². The summed E-state index contributed by atoms with van der Waals surface area (Å²) in [5.41, 5.74) is 3.46. The monoisotopic (exact) mass is 271 g/mol. The zero-order valence-corrected chi connectivity index (χ0v) is 8.41. The van der Waals surface area contributed by atoms with Crippen LogP contribution in [0.25, 0.3) is 0 Å². The molecule has 1 aromatic carbocycles. The molecule has 0 heterocycles. The zero-order valence-electron chi connectivity index (χ0n) is 6.83. The number of benzene rings is 1. The van der Waals surface area contributed by atoms with Gasteiger partial charge in [0.25, 0.3) is 0 Å². The van der Waals surface area contributed by atoms with Crippen LogP contribution in [-0.4, -0.2) is 0 Å². The van der Waals surface area contributed by atoms with E-state index in [-0.39, 0.29) is 10.9 Å². The molecule has 0 aliphatic heterocycles. The van der Waals surface area contributed by atoms with E-state index in [9.17, 15) is 17.6 Å². The third-order valence-electron chi connectivity index (χ3n) is 1.74. The Labute approximate surface area is 86.0 Å². The van der Waals surface area contributed by atoms with Crippen LogP contribution >= 0.6 is 15.9 Å². The van der Waals surface area contributed by atoms with Crippen LogP contribution in [0.15, 0.2) is 12.1 Å². The average molecular weight is 272 g/mol. The van der Waals surface area contributed by atoms with Gasteiger partial charge in [0.05, 0.1) is 11.3 Å². The molecule has 0 radical (unpaired) electrons. The Bertz CT molecular complexity index is 348. The van der Waals surface area contributed by atoms with Crippen LogP contribution in [0.5, 0.6) is 0 Å². The van der Waals surface area contributed by atoms with Crippen LogP contribution in [0, 0.1) is 5.82 Å². The highest BCUT2D eigenvalue weighted by molar-refractivity contribution is 9.08. The second-order valence-electron chi connectivity index (χ2n) is 2.62. The summed E-state index contributed by atoms with van der Waals surface area (Å²) in [6.07, 6.45) is -4.55. The second-order valence-corrected chi connectivity index (χ2v) is 3.18. The lowest BCUT2D eigenvalue weighted by Crippen LogP contribution is -2.11. The molecular weight excluding hydrogens is 266 g/mol. The smallest absolute Gasteiger partial charge is 0.398 e. The first-order chi connectivity index (χ1) is 6.38. The van der Waals surface area contributed by atoms with Crippen LogP contribution in [0.3, 0.4) is 0 Å². The van der Waals surface area contributed by atoms with E-state index in [1.807, 2.05) is 0 Å². The van der Waals surface area contributed by atoms with Crippen molar-refractivity contribution in [1.29, 1.82) is 0 Å². The van der Waals surface area contributed by atoms with Gasteiger partial charge in [0.1, 0.15) is 5.82 Å². The fourth-order valence-electron chi connectivity index (χ4n) is 1.02. The van der Waals surface area contributed by atoms with Gasteiger partial charge in [-0.2, -0.15) is 13.2 Å². The molecule has 0 saturated carbocycles. The standard InChI is InChI=1S/C8H6BrF4N/c9-3-4-6(10)2-1-5(7(4)14)8(11,12)13/h1-2H,3,14H2. The molecule has 1 rings (SSSR count). The Morgan fingerprint density at radius 1 is 1.29 bits per heavy atom. The lowest BCUT2D eigenvalue weighted by molar-refractivity contribution is -0.137. The van der Waals surface area contributed by atoms with E-state index < -0.39 is 23.2 Å². The van der Waals surface area contributed by atoms with Crippen molar-refractivity contribution in [2.24, 2.45) is 0 Å². The van der Waals surface area contributed by atoms with Crippen LogP contribution in [0.1, 0.15) is 11.1 Å². The molecule has 78 valence electrons. The van der Waals surface area contributed by atoms with Gasteiger partial charge in [-0.15, -0.1) is 0 Å².